The molecule has 0 aromatic rings. The Labute approximate surface area is 67.2 Å². The van der Waals surface area contributed by atoms with Gasteiger partial charge in [-0.15, -0.1) is 0 Å². The number of hydrogen-bond acceptors (Lipinski definition) is 2. The molecule has 0 aromatic carbocycles. The third-order valence-electron chi connectivity index (χ3n) is 1.39. The fourth-order valence-corrected chi connectivity index (χ4v) is 0.708. The molecule has 0 heterocycles. The third kappa shape index (κ3) is 4.21. The lowest BCUT2D eigenvalue weighted by molar-refractivity contribution is -0.131. The summed E-state index contributed by atoms with van der Waals surface area (Å²) in [6.45, 7) is 3.97. The fraction of sp³-hybridized carbons (Fsp3) is 0.444. The second-order valence-corrected chi connectivity index (χ2v) is 2.05. The minimum absolute atomic E-state index is 0.453. The Balaban J connectivity index is 4.06. The highest BCUT2D eigenvalue weighted by Crippen LogP contribution is 2.04. The number of carbonyl (C=O) groups excluding carboxylic acids is 1. The van der Waals surface area contributed by atoms with E-state index in [0.717, 1.165) is 18.4 Å². The van der Waals surface area contributed by atoms with Crippen LogP contribution in [0, 0.1) is 12.5 Å². The molecule has 2 heteroatoms. The molecule has 11 heavy (non-hydrogen) atoms. The molecule has 0 aliphatic heterocycles. The first kappa shape index (κ1) is 9.77. The van der Waals surface area contributed by atoms with Gasteiger partial charge >= 0.3 is 5.97 Å². The summed E-state index contributed by atoms with van der Waals surface area (Å²) in [6, 6.07) is 0. The number of rotatable bonds is 3. The average molecular weight is 152 g/mol. The maximum absolute atomic E-state index is 10.7. The predicted molar refractivity (Wildman–Crippen MR) is 43.6 cm³/mol. The summed E-state index contributed by atoms with van der Waals surface area (Å²) in [6.07, 6.45) is 9.75. The molecular weight excluding hydrogens is 140 g/mol. The number of ether oxygens (including phenoxy) is 1. The maximum Gasteiger partial charge on any atom is 0.344 e. The SMILES string of the molecule is C#COC(=O)C=C(CC)CC. The van der Waals surface area contributed by atoms with E-state index in [1.54, 1.807) is 0 Å². The molecule has 0 spiro atoms. The van der Waals surface area contributed by atoms with Crippen molar-refractivity contribution in [2.75, 3.05) is 0 Å². The van der Waals surface area contributed by atoms with E-state index >= 15 is 0 Å². The summed E-state index contributed by atoms with van der Waals surface area (Å²) in [4.78, 5) is 10.7. The number of allylic oxidation sites excluding steroid dienone is 1. The fourth-order valence-electron chi connectivity index (χ4n) is 0.708. The third-order valence-corrected chi connectivity index (χ3v) is 1.39. The molecule has 0 fully saturated rings. The van der Waals surface area contributed by atoms with Gasteiger partial charge in [0.15, 0.2) is 0 Å². The smallest absolute Gasteiger partial charge is 0.344 e. The highest BCUT2D eigenvalue weighted by Gasteiger charge is 1.97. The highest BCUT2D eigenvalue weighted by atomic mass is 16.5. The van der Waals surface area contributed by atoms with Crippen molar-refractivity contribution in [3.8, 4) is 12.5 Å². The molecule has 0 radical (unpaired) electrons. The molecule has 0 bridgehead atoms. The lowest BCUT2D eigenvalue weighted by atomic mass is 10.1. The second kappa shape index (κ2) is 5.55. The van der Waals surface area contributed by atoms with Gasteiger partial charge in [-0.2, -0.15) is 0 Å². The predicted octanol–water partition coefficient (Wildman–Crippen LogP) is 1.87. The molecule has 0 unspecified atom stereocenters. The summed E-state index contributed by atoms with van der Waals surface area (Å²) in [7, 11) is 0. The van der Waals surface area contributed by atoms with E-state index in [0.29, 0.717) is 0 Å². The van der Waals surface area contributed by atoms with Gasteiger partial charge in [0.1, 0.15) is 6.11 Å². The van der Waals surface area contributed by atoms with E-state index in [4.69, 9.17) is 6.42 Å². The van der Waals surface area contributed by atoms with Crippen molar-refractivity contribution >= 4 is 5.97 Å². The van der Waals surface area contributed by atoms with E-state index in [9.17, 15) is 4.79 Å². The first-order valence-electron chi connectivity index (χ1n) is 3.60. The van der Waals surface area contributed by atoms with E-state index < -0.39 is 5.97 Å². The number of carbonyl (C=O) groups is 1. The van der Waals surface area contributed by atoms with Gasteiger partial charge in [0.05, 0.1) is 0 Å². The lowest BCUT2D eigenvalue weighted by Crippen LogP contribution is -1.96. The van der Waals surface area contributed by atoms with Crippen LogP contribution in [0.3, 0.4) is 0 Å². The van der Waals surface area contributed by atoms with Crippen molar-refractivity contribution < 1.29 is 9.53 Å². The minimum Gasteiger partial charge on any atom is -0.369 e. The number of esters is 1. The van der Waals surface area contributed by atoms with Crippen LogP contribution < -0.4 is 0 Å². The molecule has 0 saturated heterocycles. The van der Waals surface area contributed by atoms with Gasteiger partial charge in [0.2, 0.25) is 0 Å². The molecule has 0 N–H and O–H groups in total. The Morgan fingerprint density at radius 1 is 1.55 bits per heavy atom. The summed E-state index contributed by atoms with van der Waals surface area (Å²) in [5.74, 6) is -0.453. The van der Waals surface area contributed by atoms with E-state index in [2.05, 4.69) is 4.74 Å². The van der Waals surface area contributed by atoms with Gasteiger partial charge in [-0.25, -0.2) is 4.79 Å². The van der Waals surface area contributed by atoms with Crippen LogP contribution in [-0.2, 0) is 9.53 Å². The molecule has 0 saturated carbocycles. The Morgan fingerprint density at radius 2 is 2.09 bits per heavy atom. The highest BCUT2D eigenvalue weighted by molar-refractivity contribution is 5.83. The molecule has 0 amide bonds. The van der Waals surface area contributed by atoms with Crippen LogP contribution in [0.5, 0.6) is 0 Å². The van der Waals surface area contributed by atoms with Crippen molar-refractivity contribution in [3.63, 3.8) is 0 Å². The molecular formula is C9H12O2. The molecule has 2 nitrogen and oxygen atoms in total. The second-order valence-electron chi connectivity index (χ2n) is 2.05. The number of hydrogen-bond donors (Lipinski definition) is 0. The Morgan fingerprint density at radius 3 is 2.45 bits per heavy atom. The van der Waals surface area contributed by atoms with Crippen LogP contribution in [-0.4, -0.2) is 5.97 Å². The molecule has 0 aromatic heterocycles. The van der Waals surface area contributed by atoms with Crippen molar-refractivity contribution in [2.45, 2.75) is 26.7 Å². The molecule has 0 rings (SSSR count). The van der Waals surface area contributed by atoms with Gasteiger partial charge in [0.25, 0.3) is 0 Å². The minimum atomic E-state index is -0.453. The van der Waals surface area contributed by atoms with Gasteiger partial charge in [-0.05, 0) is 12.8 Å². The quantitative estimate of drug-likeness (QED) is 0.350. The zero-order chi connectivity index (χ0) is 8.69. The van der Waals surface area contributed by atoms with Crippen molar-refractivity contribution in [1.29, 1.82) is 0 Å². The summed E-state index contributed by atoms with van der Waals surface area (Å²) in [5, 5.41) is 0. The Bertz CT molecular complexity index is 190. The van der Waals surface area contributed by atoms with Crippen molar-refractivity contribution in [3.05, 3.63) is 11.6 Å². The summed E-state index contributed by atoms with van der Waals surface area (Å²) in [5.41, 5.74) is 1.05. The summed E-state index contributed by atoms with van der Waals surface area (Å²) < 4.78 is 4.29. The van der Waals surface area contributed by atoms with E-state index in [-0.39, 0.29) is 0 Å². The zero-order valence-electron chi connectivity index (χ0n) is 6.89. The normalized spacial score (nSPS) is 8.09. The first-order chi connectivity index (χ1) is 5.24. The van der Waals surface area contributed by atoms with Crippen LogP contribution in [0.4, 0.5) is 0 Å². The lowest BCUT2D eigenvalue weighted by Gasteiger charge is -1.96. The topological polar surface area (TPSA) is 26.3 Å². The van der Waals surface area contributed by atoms with Gasteiger partial charge < -0.3 is 4.74 Å². The molecule has 0 aliphatic carbocycles. The molecule has 0 atom stereocenters. The largest absolute Gasteiger partial charge is 0.369 e. The first-order valence-corrected chi connectivity index (χ1v) is 3.60. The maximum atomic E-state index is 10.7. The van der Waals surface area contributed by atoms with Crippen LogP contribution in [0.1, 0.15) is 26.7 Å². The van der Waals surface area contributed by atoms with Gasteiger partial charge in [-0.1, -0.05) is 25.8 Å². The molecule has 0 aliphatic rings. The van der Waals surface area contributed by atoms with Crippen molar-refractivity contribution in [1.82, 2.24) is 0 Å². The number of terminal acetylenes is 1. The van der Waals surface area contributed by atoms with Crippen molar-refractivity contribution in [2.24, 2.45) is 0 Å². The van der Waals surface area contributed by atoms with Crippen LogP contribution in [0.15, 0.2) is 11.6 Å². The molecule has 60 valence electrons. The summed E-state index contributed by atoms with van der Waals surface area (Å²) >= 11 is 0. The van der Waals surface area contributed by atoms with Gasteiger partial charge in [0, 0.05) is 6.08 Å². The standard InChI is InChI=1S/C9H12O2/c1-4-8(5-2)7-9(10)11-6-3/h3,7H,4-5H2,1-2H3. The Hall–Kier alpha value is -1.23. The van der Waals surface area contributed by atoms with Gasteiger partial charge in [-0.3, -0.25) is 0 Å². The van der Waals surface area contributed by atoms with E-state index in [1.807, 2.05) is 20.0 Å². The zero-order valence-corrected chi connectivity index (χ0v) is 6.89. The van der Waals surface area contributed by atoms with Crippen LogP contribution in [0.2, 0.25) is 0 Å². The van der Waals surface area contributed by atoms with E-state index in [1.165, 1.54) is 6.08 Å². The Kier molecular flexibility index (Phi) is 4.93. The average Bonchev–Trinajstić information content (AvgIpc) is 2.01. The monoisotopic (exact) mass is 152 g/mol. The van der Waals surface area contributed by atoms with Crippen LogP contribution >= 0.6 is 0 Å². The van der Waals surface area contributed by atoms with Crippen LogP contribution in [0.25, 0.3) is 0 Å².